The molecular formula is C14H18N4O. The van der Waals surface area contributed by atoms with Gasteiger partial charge >= 0.3 is 0 Å². The highest BCUT2D eigenvalue weighted by atomic mass is 16.5. The zero-order chi connectivity index (χ0) is 13.7. The molecule has 2 aromatic heterocycles. The summed E-state index contributed by atoms with van der Waals surface area (Å²) in [6.07, 6.45) is 5.36. The Bertz CT molecular complexity index is 525. The summed E-state index contributed by atoms with van der Waals surface area (Å²) in [5, 5.41) is 3.22. The molecule has 0 amide bonds. The van der Waals surface area contributed by atoms with Gasteiger partial charge in [-0.05, 0) is 32.9 Å². The van der Waals surface area contributed by atoms with Crippen LogP contribution in [0, 0.1) is 6.92 Å². The lowest BCUT2D eigenvalue weighted by Crippen LogP contribution is -2.10. The van der Waals surface area contributed by atoms with Gasteiger partial charge in [-0.2, -0.15) is 0 Å². The molecule has 0 bridgehead atoms. The average Bonchev–Trinajstić information content (AvgIpc) is 2.39. The van der Waals surface area contributed by atoms with Gasteiger partial charge in [0.05, 0.1) is 30.2 Å². The third-order valence-electron chi connectivity index (χ3n) is 2.40. The summed E-state index contributed by atoms with van der Waals surface area (Å²) in [5.41, 5.74) is 1.78. The molecule has 5 nitrogen and oxygen atoms in total. The van der Waals surface area contributed by atoms with Gasteiger partial charge in [-0.25, -0.2) is 4.98 Å². The first kappa shape index (κ1) is 13.3. The summed E-state index contributed by atoms with van der Waals surface area (Å²) in [6, 6.07) is 3.75. The largest absolute Gasteiger partial charge is 0.487 e. The Labute approximate surface area is 113 Å². The van der Waals surface area contributed by atoms with Crippen molar-refractivity contribution in [3.63, 3.8) is 0 Å². The van der Waals surface area contributed by atoms with Gasteiger partial charge in [0.15, 0.2) is 11.6 Å². The van der Waals surface area contributed by atoms with Crippen LogP contribution in [0.3, 0.4) is 0 Å². The van der Waals surface area contributed by atoms with Crippen LogP contribution < -0.4 is 10.1 Å². The van der Waals surface area contributed by atoms with Gasteiger partial charge in [0, 0.05) is 12.4 Å². The zero-order valence-electron chi connectivity index (χ0n) is 11.4. The van der Waals surface area contributed by atoms with E-state index in [1.165, 1.54) is 0 Å². The highest BCUT2D eigenvalue weighted by Crippen LogP contribution is 2.22. The molecule has 2 aromatic rings. The van der Waals surface area contributed by atoms with E-state index in [0.29, 0.717) is 6.54 Å². The third-order valence-corrected chi connectivity index (χ3v) is 2.40. The maximum Gasteiger partial charge on any atom is 0.169 e. The van der Waals surface area contributed by atoms with E-state index in [1.54, 1.807) is 18.6 Å². The highest BCUT2D eigenvalue weighted by molar-refractivity contribution is 5.49. The van der Waals surface area contributed by atoms with Crippen LogP contribution in [0.2, 0.25) is 0 Å². The van der Waals surface area contributed by atoms with Gasteiger partial charge in [-0.3, -0.25) is 9.97 Å². The molecule has 0 unspecified atom stereocenters. The van der Waals surface area contributed by atoms with Crippen LogP contribution in [0.25, 0.3) is 0 Å². The average molecular weight is 258 g/mol. The van der Waals surface area contributed by atoms with Gasteiger partial charge in [-0.1, -0.05) is 0 Å². The van der Waals surface area contributed by atoms with E-state index in [2.05, 4.69) is 20.3 Å². The highest BCUT2D eigenvalue weighted by Gasteiger charge is 2.06. The lowest BCUT2D eigenvalue weighted by atomic mass is 10.3. The summed E-state index contributed by atoms with van der Waals surface area (Å²) in [4.78, 5) is 12.8. The zero-order valence-corrected chi connectivity index (χ0v) is 11.4. The van der Waals surface area contributed by atoms with Crippen molar-refractivity contribution in [3.8, 4) is 5.75 Å². The van der Waals surface area contributed by atoms with E-state index in [1.807, 2.05) is 32.9 Å². The fourth-order valence-corrected chi connectivity index (χ4v) is 1.56. The Hall–Kier alpha value is -2.17. The first-order valence-electron chi connectivity index (χ1n) is 6.28. The van der Waals surface area contributed by atoms with E-state index in [-0.39, 0.29) is 6.10 Å². The number of pyridine rings is 1. The molecule has 0 atom stereocenters. The topological polar surface area (TPSA) is 59.9 Å². The predicted molar refractivity (Wildman–Crippen MR) is 74.1 cm³/mol. The number of rotatable bonds is 5. The molecule has 100 valence electrons. The Kier molecular flexibility index (Phi) is 4.28. The number of nitrogens with zero attached hydrogens (tertiary/aromatic N) is 3. The van der Waals surface area contributed by atoms with Crippen molar-refractivity contribution >= 4 is 5.82 Å². The van der Waals surface area contributed by atoms with Crippen LogP contribution in [0.1, 0.15) is 25.2 Å². The number of nitrogens with one attached hydrogen (secondary N) is 1. The molecule has 0 aromatic carbocycles. The molecule has 0 saturated carbocycles. The Morgan fingerprint density at radius 1 is 1.21 bits per heavy atom. The Morgan fingerprint density at radius 2 is 2.05 bits per heavy atom. The van der Waals surface area contributed by atoms with Crippen molar-refractivity contribution in [1.29, 1.82) is 0 Å². The minimum atomic E-state index is 0.115. The molecule has 19 heavy (non-hydrogen) atoms. The predicted octanol–water partition coefficient (Wildman–Crippen LogP) is 2.58. The van der Waals surface area contributed by atoms with Crippen LogP contribution in [-0.2, 0) is 6.54 Å². The monoisotopic (exact) mass is 258 g/mol. The lowest BCUT2D eigenvalue weighted by Gasteiger charge is -2.14. The first-order valence-corrected chi connectivity index (χ1v) is 6.28. The van der Waals surface area contributed by atoms with Crippen molar-refractivity contribution in [3.05, 3.63) is 42.1 Å². The molecule has 2 heterocycles. The van der Waals surface area contributed by atoms with Crippen LogP contribution in [0.4, 0.5) is 5.82 Å². The van der Waals surface area contributed by atoms with E-state index in [0.717, 1.165) is 23.0 Å². The second-order valence-electron chi connectivity index (χ2n) is 4.52. The summed E-state index contributed by atoms with van der Waals surface area (Å²) in [7, 11) is 0. The summed E-state index contributed by atoms with van der Waals surface area (Å²) in [5.74, 6) is 1.47. The maximum absolute atomic E-state index is 5.69. The number of hydrogen-bond donors (Lipinski definition) is 1. The number of ether oxygens (including phenoxy) is 1. The van der Waals surface area contributed by atoms with Crippen molar-refractivity contribution in [2.24, 2.45) is 0 Å². The molecule has 2 rings (SSSR count). The van der Waals surface area contributed by atoms with Crippen molar-refractivity contribution in [2.75, 3.05) is 5.32 Å². The van der Waals surface area contributed by atoms with Crippen molar-refractivity contribution in [1.82, 2.24) is 15.0 Å². The molecule has 0 radical (unpaired) electrons. The number of aromatic nitrogens is 3. The van der Waals surface area contributed by atoms with Gasteiger partial charge in [0.25, 0.3) is 0 Å². The summed E-state index contributed by atoms with van der Waals surface area (Å²) >= 11 is 0. The summed E-state index contributed by atoms with van der Waals surface area (Å²) in [6.45, 7) is 6.46. The number of hydrogen-bond acceptors (Lipinski definition) is 5. The molecule has 1 N–H and O–H groups in total. The smallest absolute Gasteiger partial charge is 0.169 e. The minimum Gasteiger partial charge on any atom is -0.487 e. The molecule has 0 spiro atoms. The Balaban J connectivity index is 2.04. The first-order chi connectivity index (χ1) is 9.15. The molecular weight excluding hydrogens is 240 g/mol. The lowest BCUT2D eigenvalue weighted by molar-refractivity contribution is 0.243. The summed E-state index contributed by atoms with van der Waals surface area (Å²) < 4.78 is 5.69. The SMILES string of the molecule is Cc1cnc(CNc2ncccc2OC(C)C)cn1. The molecule has 5 heteroatoms. The molecule has 0 saturated heterocycles. The second-order valence-corrected chi connectivity index (χ2v) is 4.52. The fourth-order valence-electron chi connectivity index (χ4n) is 1.56. The van der Waals surface area contributed by atoms with Gasteiger partial charge in [0.2, 0.25) is 0 Å². The fraction of sp³-hybridized carbons (Fsp3) is 0.357. The molecule has 0 fully saturated rings. The van der Waals surface area contributed by atoms with Crippen LogP contribution in [-0.4, -0.2) is 21.1 Å². The second kappa shape index (κ2) is 6.13. The van der Waals surface area contributed by atoms with E-state index in [9.17, 15) is 0 Å². The maximum atomic E-state index is 5.69. The standard InChI is InChI=1S/C14H18N4O/c1-10(2)19-13-5-4-6-15-14(13)18-9-12-8-16-11(3)7-17-12/h4-8,10H,9H2,1-3H3,(H,15,18). The minimum absolute atomic E-state index is 0.115. The van der Waals surface area contributed by atoms with E-state index in [4.69, 9.17) is 4.74 Å². The van der Waals surface area contributed by atoms with E-state index < -0.39 is 0 Å². The molecule has 0 aliphatic rings. The molecule has 0 aliphatic carbocycles. The number of anilines is 1. The van der Waals surface area contributed by atoms with Crippen molar-refractivity contribution < 1.29 is 4.74 Å². The Morgan fingerprint density at radius 3 is 2.74 bits per heavy atom. The molecule has 0 aliphatic heterocycles. The van der Waals surface area contributed by atoms with Gasteiger partial charge < -0.3 is 10.1 Å². The van der Waals surface area contributed by atoms with Gasteiger partial charge in [0.1, 0.15) is 0 Å². The normalized spacial score (nSPS) is 10.5. The van der Waals surface area contributed by atoms with Crippen LogP contribution in [0.5, 0.6) is 5.75 Å². The van der Waals surface area contributed by atoms with Crippen LogP contribution in [0.15, 0.2) is 30.7 Å². The number of aryl methyl sites for hydroxylation is 1. The quantitative estimate of drug-likeness (QED) is 0.893. The third kappa shape index (κ3) is 3.91. The van der Waals surface area contributed by atoms with Crippen LogP contribution >= 0.6 is 0 Å². The van der Waals surface area contributed by atoms with E-state index >= 15 is 0 Å². The van der Waals surface area contributed by atoms with Crippen molar-refractivity contribution in [2.45, 2.75) is 33.4 Å². The van der Waals surface area contributed by atoms with Gasteiger partial charge in [-0.15, -0.1) is 0 Å².